The average Bonchev–Trinajstić information content (AvgIpc) is 2.71. The van der Waals surface area contributed by atoms with Gasteiger partial charge in [0.1, 0.15) is 6.26 Å². The Balaban J connectivity index is 1.99. The molecule has 0 radical (unpaired) electrons. The first-order valence-electron chi connectivity index (χ1n) is 4.71. The monoisotopic (exact) mass is 181 g/mol. The van der Waals surface area contributed by atoms with E-state index in [9.17, 15) is 0 Å². The van der Waals surface area contributed by atoms with E-state index >= 15 is 0 Å². The Hall–Kier alpha value is -0.870. The molecule has 13 heavy (non-hydrogen) atoms. The summed E-state index contributed by atoms with van der Waals surface area (Å²) in [6, 6.07) is 0.376. The third-order valence-corrected chi connectivity index (χ3v) is 2.58. The molecule has 2 rings (SSSR count). The molecule has 1 aliphatic heterocycles. The fourth-order valence-corrected chi connectivity index (χ4v) is 1.68. The van der Waals surface area contributed by atoms with Gasteiger partial charge in [-0.2, -0.15) is 0 Å². The minimum atomic E-state index is 0.376. The summed E-state index contributed by atoms with van der Waals surface area (Å²) < 4.78 is 4.97. The number of hydrogen-bond donors (Lipinski definition) is 1. The molecule has 0 aliphatic carbocycles. The van der Waals surface area contributed by atoms with Crippen molar-refractivity contribution in [3.63, 3.8) is 0 Å². The second-order valence-electron chi connectivity index (χ2n) is 3.38. The smallest absolute Gasteiger partial charge is 0.180 e. The summed E-state index contributed by atoms with van der Waals surface area (Å²) in [6.45, 7) is 6.50. The molecule has 0 spiro atoms. The molecule has 1 aromatic rings. The molecule has 72 valence electrons. The fraction of sp³-hybridized carbons (Fsp3) is 0.667. The summed E-state index contributed by atoms with van der Waals surface area (Å²) in [4.78, 5) is 6.57. The topological polar surface area (TPSA) is 41.3 Å². The van der Waals surface area contributed by atoms with Crippen LogP contribution in [0, 0.1) is 0 Å². The van der Waals surface area contributed by atoms with Crippen LogP contribution >= 0.6 is 0 Å². The van der Waals surface area contributed by atoms with Crippen molar-refractivity contribution in [2.45, 2.75) is 13.0 Å². The molecule has 1 aromatic heterocycles. The molecule has 0 bridgehead atoms. The lowest BCUT2D eigenvalue weighted by atomic mass is 10.2. The third kappa shape index (κ3) is 1.89. The van der Waals surface area contributed by atoms with Crippen molar-refractivity contribution in [3.8, 4) is 0 Å². The predicted molar refractivity (Wildman–Crippen MR) is 49.4 cm³/mol. The summed E-state index contributed by atoms with van der Waals surface area (Å²) >= 11 is 0. The summed E-state index contributed by atoms with van der Waals surface area (Å²) in [7, 11) is 0. The molecule has 1 N–H and O–H groups in total. The van der Waals surface area contributed by atoms with Crippen LogP contribution in [0.1, 0.15) is 18.7 Å². The largest absolute Gasteiger partial charge is 0.451 e. The Kier molecular flexibility index (Phi) is 2.61. The standard InChI is InChI=1S/C9H15N3O/c1-8(9-6-13-7-11-9)12-4-2-10-3-5-12/h6-8,10H,2-5H2,1H3. The highest BCUT2D eigenvalue weighted by Crippen LogP contribution is 2.17. The third-order valence-electron chi connectivity index (χ3n) is 2.58. The lowest BCUT2D eigenvalue weighted by molar-refractivity contribution is 0.182. The first kappa shape index (κ1) is 8.72. The fourth-order valence-electron chi connectivity index (χ4n) is 1.68. The molecule has 4 nitrogen and oxygen atoms in total. The van der Waals surface area contributed by atoms with Crippen LogP contribution in [0.2, 0.25) is 0 Å². The van der Waals surface area contributed by atoms with Gasteiger partial charge >= 0.3 is 0 Å². The Morgan fingerprint density at radius 1 is 1.54 bits per heavy atom. The summed E-state index contributed by atoms with van der Waals surface area (Å²) in [5.74, 6) is 0. The maximum absolute atomic E-state index is 4.97. The van der Waals surface area contributed by atoms with Gasteiger partial charge < -0.3 is 9.73 Å². The van der Waals surface area contributed by atoms with Gasteiger partial charge in [0.05, 0.1) is 11.7 Å². The number of nitrogens with one attached hydrogen (secondary N) is 1. The van der Waals surface area contributed by atoms with Crippen LogP contribution in [0.25, 0.3) is 0 Å². The summed E-state index contributed by atoms with van der Waals surface area (Å²) in [5.41, 5.74) is 1.03. The predicted octanol–water partition coefficient (Wildman–Crippen LogP) is 0.641. The number of oxazole rings is 1. The van der Waals surface area contributed by atoms with E-state index < -0.39 is 0 Å². The molecule has 1 saturated heterocycles. The van der Waals surface area contributed by atoms with E-state index in [1.807, 2.05) is 0 Å². The van der Waals surface area contributed by atoms with Crippen molar-refractivity contribution in [2.75, 3.05) is 26.2 Å². The van der Waals surface area contributed by atoms with Gasteiger partial charge in [-0.15, -0.1) is 0 Å². The Labute approximate surface area is 77.9 Å². The first-order valence-corrected chi connectivity index (χ1v) is 4.71. The molecule has 2 heterocycles. The van der Waals surface area contributed by atoms with Gasteiger partial charge in [0.2, 0.25) is 0 Å². The zero-order valence-corrected chi connectivity index (χ0v) is 7.86. The molecule has 4 heteroatoms. The number of aromatic nitrogens is 1. The van der Waals surface area contributed by atoms with E-state index in [1.165, 1.54) is 6.39 Å². The van der Waals surface area contributed by atoms with Crippen molar-refractivity contribution >= 4 is 0 Å². The van der Waals surface area contributed by atoms with E-state index in [0.717, 1.165) is 31.9 Å². The second-order valence-corrected chi connectivity index (χ2v) is 3.38. The molecular weight excluding hydrogens is 166 g/mol. The van der Waals surface area contributed by atoms with Gasteiger partial charge in [0, 0.05) is 26.2 Å². The van der Waals surface area contributed by atoms with Gasteiger partial charge in [0.25, 0.3) is 0 Å². The van der Waals surface area contributed by atoms with Crippen molar-refractivity contribution in [1.82, 2.24) is 15.2 Å². The molecule has 1 aliphatic rings. The first-order chi connectivity index (χ1) is 6.38. The van der Waals surface area contributed by atoms with Gasteiger partial charge in [0.15, 0.2) is 6.39 Å². The number of piperazine rings is 1. The van der Waals surface area contributed by atoms with Gasteiger partial charge in [-0.05, 0) is 6.92 Å². The van der Waals surface area contributed by atoms with Crippen LogP contribution in [0.4, 0.5) is 0 Å². The molecule has 0 amide bonds. The zero-order valence-electron chi connectivity index (χ0n) is 7.86. The Morgan fingerprint density at radius 3 is 2.92 bits per heavy atom. The highest BCUT2D eigenvalue weighted by atomic mass is 16.3. The molecule has 1 atom stereocenters. The maximum atomic E-state index is 4.97. The van der Waals surface area contributed by atoms with E-state index in [2.05, 4.69) is 22.1 Å². The molecule has 0 saturated carbocycles. The maximum Gasteiger partial charge on any atom is 0.180 e. The van der Waals surface area contributed by atoms with Crippen molar-refractivity contribution in [1.29, 1.82) is 0 Å². The van der Waals surface area contributed by atoms with Crippen LogP contribution < -0.4 is 5.32 Å². The second kappa shape index (κ2) is 3.89. The van der Waals surface area contributed by atoms with E-state index in [-0.39, 0.29) is 0 Å². The average molecular weight is 181 g/mol. The normalized spacial score (nSPS) is 21.6. The van der Waals surface area contributed by atoms with Gasteiger partial charge in [-0.25, -0.2) is 4.98 Å². The van der Waals surface area contributed by atoms with Gasteiger partial charge in [-0.1, -0.05) is 0 Å². The molecule has 0 aromatic carbocycles. The summed E-state index contributed by atoms with van der Waals surface area (Å²) in [5, 5.41) is 3.33. The number of rotatable bonds is 2. The Morgan fingerprint density at radius 2 is 2.31 bits per heavy atom. The number of nitrogens with zero attached hydrogens (tertiary/aromatic N) is 2. The lowest BCUT2D eigenvalue weighted by Crippen LogP contribution is -2.44. The highest BCUT2D eigenvalue weighted by Gasteiger charge is 2.19. The van der Waals surface area contributed by atoms with E-state index in [1.54, 1.807) is 6.26 Å². The zero-order chi connectivity index (χ0) is 9.10. The van der Waals surface area contributed by atoms with Crippen LogP contribution in [0.15, 0.2) is 17.1 Å². The molecule has 1 fully saturated rings. The summed E-state index contributed by atoms with van der Waals surface area (Å²) in [6.07, 6.45) is 3.22. The Bertz CT molecular complexity index is 241. The van der Waals surface area contributed by atoms with Crippen LogP contribution in [0.3, 0.4) is 0 Å². The molecular formula is C9H15N3O. The highest BCUT2D eigenvalue weighted by molar-refractivity contribution is 4.99. The number of hydrogen-bond acceptors (Lipinski definition) is 4. The van der Waals surface area contributed by atoms with Crippen LogP contribution in [0.5, 0.6) is 0 Å². The SMILES string of the molecule is CC(c1cocn1)N1CCNCC1. The van der Waals surface area contributed by atoms with Gasteiger partial charge in [-0.3, -0.25) is 4.90 Å². The van der Waals surface area contributed by atoms with Crippen LogP contribution in [-0.4, -0.2) is 36.1 Å². The van der Waals surface area contributed by atoms with Crippen molar-refractivity contribution < 1.29 is 4.42 Å². The quantitative estimate of drug-likeness (QED) is 0.727. The van der Waals surface area contributed by atoms with E-state index in [0.29, 0.717) is 6.04 Å². The van der Waals surface area contributed by atoms with Crippen molar-refractivity contribution in [3.05, 3.63) is 18.4 Å². The minimum Gasteiger partial charge on any atom is -0.451 e. The molecule has 1 unspecified atom stereocenters. The van der Waals surface area contributed by atoms with Crippen molar-refractivity contribution in [2.24, 2.45) is 0 Å². The van der Waals surface area contributed by atoms with E-state index in [4.69, 9.17) is 4.42 Å². The lowest BCUT2D eigenvalue weighted by Gasteiger charge is -2.31. The van der Waals surface area contributed by atoms with Crippen LogP contribution in [-0.2, 0) is 0 Å². The minimum absolute atomic E-state index is 0.376.